The quantitative estimate of drug-likeness (QED) is 0.539. The Hall–Kier alpha value is -0.0400. The Labute approximate surface area is 66.8 Å². The molecule has 0 amide bonds. The third-order valence-electron chi connectivity index (χ3n) is 2.34. The maximum atomic E-state index is 10.7. The molecular weight excluding hydrogens is 148 g/mol. The molecule has 1 aliphatic carbocycles. The fraction of sp³-hybridized carbons (Fsp3) is 0.875. The third-order valence-corrected chi connectivity index (χ3v) is 2.65. The highest BCUT2D eigenvalue weighted by Gasteiger charge is 2.22. The summed E-state index contributed by atoms with van der Waals surface area (Å²) in [7, 11) is 0. The van der Waals surface area contributed by atoms with E-state index in [1.165, 1.54) is 12.8 Å². The molecule has 58 valence electrons. The average Bonchev–Trinajstić information content (AvgIpc) is 1.88. The van der Waals surface area contributed by atoms with Crippen LogP contribution in [0.2, 0.25) is 0 Å². The van der Waals surface area contributed by atoms with Crippen LogP contribution in [0.3, 0.4) is 0 Å². The largest absolute Gasteiger partial charge is 0.281 e. The SMILES string of the molecule is C[C@H]1CC[C@@H](C(=O)Cl)CC1. The molecule has 0 aromatic heterocycles. The molecule has 1 aliphatic rings. The first-order chi connectivity index (χ1) is 4.70. The second-order valence-electron chi connectivity index (χ2n) is 3.26. The van der Waals surface area contributed by atoms with Gasteiger partial charge in [0.25, 0.3) is 0 Å². The Morgan fingerprint density at radius 2 is 1.80 bits per heavy atom. The molecule has 1 nitrogen and oxygen atoms in total. The number of halogens is 1. The Morgan fingerprint density at radius 1 is 1.30 bits per heavy atom. The van der Waals surface area contributed by atoms with Crippen LogP contribution in [-0.2, 0) is 4.79 Å². The molecule has 0 saturated heterocycles. The van der Waals surface area contributed by atoms with Gasteiger partial charge in [0.2, 0.25) is 5.24 Å². The normalized spacial score (nSPS) is 33.8. The molecule has 0 N–H and O–H groups in total. The van der Waals surface area contributed by atoms with Crippen LogP contribution in [0.4, 0.5) is 0 Å². The van der Waals surface area contributed by atoms with Crippen LogP contribution in [-0.4, -0.2) is 5.24 Å². The van der Waals surface area contributed by atoms with Crippen molar-refractivity contribution in [3.63, 3.8) is 0 Å². The van der Waals surface area contributed by atoms with E-state index in [0.29, 0.717) is 0 Å². The highest BCUT2D eigenvalue weighted by atomic mass is 35.5. The number of carbonyl (C=O) groups excluding carboxylic acids is 1. The van der Waals surface area contributed by atoms with Gasteiger partial charge in [-0.1, -0.05) is 6.92 Å². The Kier molecular flexibility index (Phi) is 2.72. The van der Waals surface area contributed by atoms with Crippen molar-refractivity contribution in [3.05, 3.63) is 0 Å². The van der Waals surface area contributed by atoms with Gasteiger partial charge in [-0.15, -0.1) is 0 Å². The van der Waals surface area contributed by atoms with Gasteiger partial charge in [-0.2, -0.15) is 0 Å². The third kappa shape index (κ3) is 1.98. The minimum Gasteiger partial charge on any atom is -0.281 e. The van der Waals surface area contributed by atoms with E-state index in [1.807, 2.05) is 0 Å². The van der Waals surface area contributed by atoms with Gasteiger partial charge in [-0.05, 0) is 43.2 Å². The molecule has 1 rings (SSSR count). The van der Waals surface area contributed by atoms with Gasteiger partial charge in [0, 0.05) is 5.92 Å². The predicted octanol–water partition coefficient (Wildman–Crippen LogP) is 2.58. The Bertz CT molecular complexity index is 125. The second kappa shape index (κ2) is 3.38. The molecule has 10 heavy (non-hydrogen) atoms. The molecule has 1 fully saturated rings. The summed E-state index contributed by atoms with van der Waals surface area (Å²) in [6, 6.07) is 0. The molecule has 0 radical (unpaired) electrons. The number of rotatable bonds is 1. The summed E-state index contributed by atoms with van der Waals surface area (Å²) in [4.78, 5) is 10.7. The van der Waals surface area contributed by atoms with Gasteiger partial charge < -0.3 is 0 Å². The number of hydrogen-bond acceptors (Lipinski definition) is 1. The molecule has 0 aliphatic heterocycles. The average molecular weight is 161 g/mol. The van der Waals surface area contributed by atoms with Gasteiger partial charge in [-0.25, -0.2) is 0 Å². The summed E-state index contributed by atoms with van der Waals surface area (Å²) in [5, 5.41) is -0.132. The van der Waals surface area contributed by atoms with Crippen LogP contribution >= 0.6 is 11.6 Å². The fourth-order valence-electron chi connectivity index (χ4n) is 1.49. The Morgan fingerprint density at radius 3 is 2.20 bits per heavy atom. The van der Waals surface area contributed by atoms with Crippen molar-refractivity contribution in [2.75, 3.05) is 0 Å². The van der Waals surface area contributed by atoms with Gasteiger partial charge in [0.05, 0.1) is 0 Å². The molecule has 0 bridgehead atoms. The van der Waals surface area contributed by atoms with Crippen molar-refractivity contribution >= 4 is 16.8 Å². The van der Waals surface area contributed by atoms with Crippen molar-refractivity contribution in [1.82, 2.24) is 0 Å². The van der Waals surface area contributed by atoms with Gasteiger partial charge in [-0.3, -0.25) is 4.79 Å². The lowest BCUT2D eigenvalue weighted by atomic mass is 9.84. The molecule has 0 atom stereocenters. The van der Waals surface area contributed by atoms with Crippen molar-refractivity contribution in [2.45, 2.75) is 32.6 Å². The van der Waals surface area contributed by atoms with E-state index in [1.54, 1.807) is 0 Å². The molecule has 1 saturated carbocycles. The Balaban J connectivity index is 2.33. The van der Waals surface area contributed by atoms with Gasteiger partial charge in [0.15, 0.2) is 0 Å². The van der Waals surface area contributed by atoms with Crippen molar-refractivity contribution < 1.29 is 4.79 Å². The zero-order chi connectivity index (χ0) is 7.56. The van der Waals surface area contributed by atoms with Crippen LogP contribution in [0, 0.1) is 11.8 Å². The van der Waals surface area contributed by atoms with Crippen LogP contribution < -0.4 is 0 Å². The first-order valence-corrected chi connectivity index (χ1v) is 4.27. The summed E-state index contributed by atoms with van der Waals surface area (Å²) in [6.07, 6.45) is 4.35. The van der Waals surface area contributed by atoms with E-state index in [9.17, 15) is 4.79 Å². The topological polar surface area (TPSA) is 17.1 Å². The zero-order valence-corrected chi connectivity index (χ0v) is 7.03. The minimum atomic E-state index is -0.132. The highest BCUT2D eigenvalue weighted by molar-refractivity contribution is 6.63. The second-order valence-corrected chi connectivity index (χ2v) is 3.63. The lowest BCUT2D eigenvalue weighted by molar-refractivity contribution is -0.116. The van der Waals surface area contributed by atoms with Crippen LogP contribution in [0.1, 0.15) is 32.6 Å². The summed E-state index contributed by atoms with van der Waals surface area (Å²) in [5.41, 5.74) is 0. The lowest BCUT2D eigenvalue weighted by Crippen LogP contribution is -2.16. The van der Waals surface area contributed by atoms with Crippen LogP contribution in [0.25, 0.3) is 0 Å². The number of carbonyl (C=O) groups is 1. The predicted molar refractivity (Wildman–Crippen MR) is 42.0 cm³/mol. The monoisotopic (exact) mass is 160 g/mol. The smallest absolute Gasteiger partial charge is 0.224 e. The van der Waals surface area contributed by atoms with E-state index in [0.717, 1.165) is 18.8 Å². The first-order valence-electron chi connectivity index (χ1n) is 3.89. The lowest BCUT2D eigenvalue weighted by Gasteiger charge is -2.22. The summed E-state index contributed by atoms with van der Waals surface area (Å²) >= 11 is 5.37. The first kappa shape index (κ1) is 8.06. The van der Waals surface area contributed by atoms with Gasteiger partial charge >= 0.3 is 0 Å². The molecule has 2 heteroatoms. The van der Waals surface area contributed by atoms with E-state index < -0.39 is 0 Å². The van der Waals surface area contributed by atoms with Crippen LogP contribution in [0.5, 0.6) is 0 Å². The molecule has 0 aromatic carbocycles. The summed E-state index contributed by atoms with van der Waals surface area (Å²) in [5.74, 6) is 0.963. The molecular formula is C8H13ClO. The van der Waals surface area contributed by atoms with Crippen molar-refractivity contribution in [3.8, 4) is 0 Å². The van der Waals surface area contributed by atoms with Gasteiger partial charge in [0.1, 0.15) is 0 Å². The molecule has 0 spiro atoms. The fourth-order valence-corrected chi connectivity index (χ4v) is 1.71. The van der Waals surface area contributed by atoms with Crippen molar-refractivity contribution in [1.29, 1.82) is 0 Å². The van der Waals surface area contributed by atoms with E-state index in [-0.39, 0.29) is 11.2 Å². The van der Waals surface area contributed by atoms with E-state index >= 15 is 0 Å². The highest BCUT2D eigenvalue weighted by Crippen LogP contribution is 2.29. The standard InChI is InChI=1S/C8H13ClO/c1-6-2-4-7(5-3-6)8(9)10/h6-7H,2-5H2,1H3/t6-,7+. The maximum absolute atomic E-state index is 10.7. The molecule has 0 unspecified atom stereocenters. The van der Waals surface area contributed by atoms with E-state index in [4.69, 9.17) is 11.6 Å². The summed E-state index contributed by atoms with van der Waals surface area (Å²) < 4.78 is 0. The molecule has 0 heterocycles. The zero-order valence-electron chi connectivity index (χ0n) is 6.27. The van der Waals surface area contributed by atoms with Crippen LogP contribution in [0.15, 0.2) is 0 Å². The maximum Gasteiger partial charge on any atom is 0.224 e. The number of hydrogen-bond donors (Lipinski definition) is 0. The summed E-state index contributed by atoms with van der Waals surface area (Å²) in [6.45, 7) is 2.23. The molecule has 0 aromatic rings. The van der Waals surface area contributed by atoms with E-state index in [2.05, 4.69) is 6.92 Å². The van der Waals surface area contributed by atoms with Crippen molar-refractivity contribution in [2.24, 2.45) is 11.8 Å². The minimum absolute atomic E-state index is 0.132.